The van der Waals surface area contributed by atoms with Crippen LogP contribution in [0.3, 0.4) is 0 Å². The lowest BCUT2D eigenvalue weighted by Gasteiger charge is -2.25. The van der Waals surface area contributed by atoms with Crippen molar-refractivity contribution in [3.8, 4) is 22.5 Å². The number of hydrogen-bond donors (Lipinski definition) is 0. The lowest BCUT2D eigenvalue weighted by molar-refractivity contribution is 1.14. The van der Waals surface area contributed by atoms with Crippen molar-refractivity contribution in [1.29, 1.82) is 0 Å². The summed E-state index contributed by atoms with van der Waals surface area (Å²) >= 11 is 0. The molecule has 10 aromatic rings. The number of benzene rings is 8. The first kappa shape index (κ1) is 30.9. The van der Waals surface area contributed by atoms with Gasteiger partial charge in [0.25, 0.3) is 0 Å². The highest BCUT2D eigenvalue weighted by atomic mass is 15.1. The van der Waals surface area contributed by atoms with E-state index in [0.29, 0.717) is 0 Å². The maximum absolute atomic E-state index is 2.49. The number of anilines is 3. The number of nitrogens with zero attached hydrogens (tertiary/aromatic N) is 3. The molecule has 2 heterocycles. The largest absolute Gasteiger partial charge is 0.311 e. The highest BCUT2D eigenvalue weighted by molar-refractivity contribution is 6.28. The smallest absolute Gasteiger partial charge is 0.0795 e. The van der Waals surface area contributed by atoms with Gasteiger partial charge in [0.05, 0.1) is 22.1 Å². The summed E-state index contributed by atoms with van der Waals surface area (Å²) in [6.45, 7) is 4.31. The Bertz CT molecular complexity index is 2880. The molecular weight excluding hydrogens is 643 g/mol. The Labute approximate surface area is 309 Å². The normalized spacial score (nSPS) is 11.6. The predicted molar refractivity (Wildman–Crippen MR) is 225 cm³/mol. The van der Waals surface area contributed by atoms with Crippen LogP contribution in [-0.4, -0.2) is 9.13 Å². The molecule has 10 rings (SSSR count). The Hall–Kier alpha value is -6.84. The Morgan fingerprint density at radius 2 is 0.830 bits per heavy atom. The molecule has 53 heavy (non-hydrogen) atoms. The standard InChI is InChI=1S/C50H37N3/c1-34-21-27-40(28-22-34)52-46-19-11-9-17-42(46)45-33-44(36-25-31-39(32-26-36)51(37-13-5-3-6-14-37)38-15-7-4-8-16-38)48-43-18-10-12-20-47(43)53(50(48)49(45)52)41-29-23-35(2)24-30-41/h3-33H,1-2H3. The first-order chi connectivity index (χ1) is 26.1. The maximum Gasteiger partial charge on any atom is 0.0795 e. The van der Waals surface area contributed by atoms with Crippen molar-refractivity contribution in [1.82, 2.24) is 9.13 Å². The highest BCUT2D eigenvalue weighted by Crippen LogP contribution is 2.47. The number of para-hydroxylation sites is 4. The van der Waals surface area contributed by atoms with Crippen molar-refractivity contribution in [2.75, 3.05) is 4.90 Å². The first-order valence-corrected chi connectivity index (χ1v) is 18.3. The lowest BCUT2D eigenvalue weighted by Crippen LogP contribution is -2.09. The Morgan fingerprint density at radius 1 is 0.377 bits per heavy atom. The second kappa shape index (κ2) is 12.4. The zero-order chi connectivity index (χ0) is 35.5. The van der Waals surface area contributed by atoms with Crippen LogP contribution in [0.25, 0.3) is 66.1 Å². The molecule has 8 aromatic carbocycles. The third-order valence-electron chi connectivity index (χ3n) is 10.6. The van der Waals surface area contributed by atoms with Gasteiger partial charge in [-0.15, -0.1) is 0 Å². The van der Waals surface area contributed by atoms with E-state index in [4.69, 9.17) is 0 Å². The van der Waals surface area contributed by atoms with E-state index in [0.717, 1.165) is 28.4 Å². The zero-order valence-electron chi connectivity index (χ0n) is 29.7. The van der Waals surface area contributed by atoms with Gasteiger partial charge in [0, 0.05) is 50.0 Å². The minimum Gasteiger partial charge on any atom is -0.311 e. The molecule has 0 amide bonds. The second-order valence-electron chi connectivity index (χ2n) is 14.0. The van der Waals surface area contributed by atoms with Crippen LogP contribution in [0.2, 0.25) is 0 Å². The summed E-state index contributed by atoms with van der Waals surface area (Å²) in [4.78, 5) is 2.32. The summed E-state index contributed by atoms with van der Waals surface area (Å²) in [6.07, 6.45) is 0. The van der Waals surface area contributed by atoms with Crippen molar-refractivity contribution in [3.05, 3.63) is 199 Å². The Morgan fingerprint density at radius 3 is 1.40 bits per heavy atom. The van der Waals surface area contributed by atoms with Crippen LogP contribution in [0.5, 0.6) is 0 Å². The Kier molecular flexibility index (Phi) is 7.26. The topological polar surface area (TPSA) is 13.1 Å². The van der Waals surface area contributed by atoms with Crippen molar-refractivity contribution in [3.63, 3.8) is 0 Å². The van der Waals surface area contributed by atoms with Gasteiger partial charge in [-0.1, -0.05) is 120 Å². The quantitative estimate of drug-likeness (QED) is 0.170. The summed E-state index contributed by atoms with van der Waals surface area (Å²) in [5.41, 5.74) is 15.4. The zero-order valence-corrected chi connectivity index (χ0v) is 29.7. The Balaban J connectivity index is 1.31. The number of hydrogen-bond acceptors (Lipinski definition) is 1. The molecule has 2 aromatic heterocycles. The third-order valence-corrected chi connectivity index (χ3v) is 10.6. The van der Waals surface area contributed by atoms with Gasteiger partial charge < -0.3 is 14.0 Å². The van der Waals surface area contributed by atoms with Crippen LogP contribution in [-0.2, 0) is 0 Å². The molecular formula is C50H37N3. The van der Waals surface area contributed by atoms with Crippen LogP contribution in [0.15, 0.2) is 188 Å². The van der Waals surface area contributed by atoms with Gasteiger partial charge in [-0.25, -0.2) is 0 Å². The SMILES string of the molecule is Cc1ccc(-n2c3ccccc3c3cc(-c4ccc(N(c5ccccc5)c5ccccc5)cc4)c4c5ccccc5n(-c5ccc(C)cc5)c4c32)cc1. The minimum atomic E-state index is 1.11. The summed E-state index contributed by atoms with van der Waals surface area (Å²) in [5, 5.41) is 4.96. The molecule has 3 heteroatoms. The van der Waals surface area contributed by atoms with E-state index < -0.39 is 0 Å². The van der Waals surface area contributed by atoms with Gasteiger partial charge in [0.1, 0.15) is 0 Å². The lowest BCUT2D eigenvalue weighted by atomic mass is 9.96. The predicted octanol–water partition coefficient (Wildman–Crippen LogP) is 13.6. The fraction of sp³-hybridized carbons (Fsp3) is 0.0400. The van der Waals surface area contributed by atoms with Crippen molar-refractivity contribution in [2.45, 2.75) is 13.8 Å². The van der Waals surface area contributed by atoms with E-state index in [1.165, 1.54) is 65.9 Å². The van der Waals surface area contributed by atoms with E-state index in [2.05, 4.69) is 216 Å². The van der Waals surface area contributed by atoms with E-state index in [9.17, 15) is 0 Å². The summed E-state index contributed by atoms with van der Waals surface area (Å²) in [7, 11) is 0. The molecule has 0 bridgehead atoms. The van der Waals surface area contributed by atoms with Crippen LogP contribution in [0.1, 0.15) is 11.1 Å². The van der Waals surface area contributed by atoms with Gasteiger partial charge in [0.15, 0.2) is 0 Å². The van der Waals surface area contributed by atoms with Gasteiger partial charge in [0.2, 0.25) is 0 Å². The van der Waals surface area contributed by atoms with Crippen molar-refractivity contribution >= 4 is 60.7 Å². The van der Waals surface area contributed by atoms with Gasteiger partial charge in [-0.2, -0.15) is 0 Å². The average molecular weight is 680 g/mol. The van der Waals surface area contributed by atoms with Crippen LogP contribution in [0.4, 0.5) is 17.1 Å². The summed E-state index contributed by atoms with van der Waals surface area (Å²) < 4.78 is 4.96. The molecule has 3 nitrogen and oxygen atoms in total. The number of rotatable bonds is 6. The van der Waals surface area contributed by atoms with E-state index in [1.807, 2.05) is 0 Å². The molecule has 0 radical (unpaired) electrons. The monoisotopic (exact) mass is 679 g/mol. The molecule has 0 N–H and O–H groups in total. The fourth-order valence-electron chi connectivity index (χ4n) is 8.14. The van der Waals surface area contributed by atoms with Gasteiger partial charge in [-0.05, 0) is 104 Å². The molecule has 0 saturated carbocycles. The van der Waals surface area contributed by atoms with E-state index in [1.54, 1.807) is 0 Å². The number of aryl methyl sites for hydroxylation is 2. The minimum absolute atomic E-state index is 1.11. The number of fused-ring (bicyclic) bond motifs is 7. The third kappa shape index (κ3) is 5.04. The highest BCUT2D eigenvalue weighted by Gasteiger charge is 2.24. The van der Waals surface area contributed by atoms with E-state index >= 15 is 0 Å². The second-order valence-corrected chi connectivity index (χ2v) is 14.0. The van der Waals surface area contributed by atoms with Crippen molar-refractivity contribution < 1.29 is 0 Å². The average Bonchev–Trinajstić information content (AvgIpc) is 3.73. The first-order valence-electron chi connectivity index (χ1n) is 18.3. The summed E-state index contributed by atoms with van der Waals surface area (Å²) in [6, 6.07) is 68.4. The molecule has 0 unspecified atom stereocenters. The fourth-order valence-corrected chi connectivity index (χ4v) is 8.14. The van der Waals surface area contributed by atoms with Gasteiger partial charge >= 0.3 is 0 Å². The van der Waals surface area contributed by atoms with Crippen molar-refractivity contribution in [2.24, 2.45) is 0 Å². The molecule has 0 fully saturated rings. The molecule has 0 aliphatic heterocycles. The molecule has 0 atom stereocenters. The summed E-state index contributed by atoms with van der Waals surface area (Å²) in [5.74, 6) is 0. The molecule has 0 saturated heterocycles. The van der Waals surface area contributed by atoms with E-state index in [-0.39, 0.29) is 0 Å². The maximum atomic E-state index is 2.49. The van der Waals surface area contributed by atoms with Crippen LogP contribution in [0, 0.1) is 13.8 Å². The molecule has 0 aliphatic carbocycles. The molecule has 0 spiro atoms. The van der Waals surface area contributed by atoms with Gasteiger partial charge in [-0.3, -0.25) is 0 Å². The molecule has 0 aliphatic rings. The van der Waals surface area contributed by atoms with Crippen LogP contribution < -0.4 is 4.90 Å². The van der Waals surface area contributed by atoms with Crippen LogP contribution >= 0.6 is 0 Å². The molecule has 252 valence electrons. The number of aromatic nitrogens is 2.